The average Bonchev–Trinajstić information content (AvgIpc) is 2.60. The van der Waals surface area contributed by atoms with Gasteiger partial charge in [0.05, 0.1) is 0 Å². The van der Waals surface area contributed by atoms with Crippen molar-refractivity contribution in [3.05, 3.63) is 0 Å². The van der Waals surface area contributed by atoms with E-state index in [4.69, 9.17) is 18.1 Å². The van der Waals surface area contributed by atoms with E-state index < -0.39 is 15.5 Å². The fourth-order valence-electron chi connectivity index (χ4n) is 2.00. The van der Waals surface area contributed by atoms with Crippen molar-refractivity contribution in [3.8, 4) is 0 Å². The Bertz CT molecular complexity index is 591. The topological polar surface area (TPSA) is 125 Å². The molecule has 0 bridgehead atoms. The van der Waals surface area contributed by atoms with Crippen LogP contribution in [0.5, 0.6) is 0 Å². The Morgan fingerprint density at radius 2 is 1.54 bits per heavy atom. The molecule has 0 radical (unpaired) electrons. The van der Waals surface area contributed by atoms with Crippen molar-refractivity contribution in [3.63, 3.8) is 0 Å². The number of nitrogens with one attached hydrogen (secondary N) is 1. The van der Waals surface area contributed by atoms with Gasteiger partial charge in [0.25, 0.3) is 0 Å². The Morgan fingerprint density at radius 1 is 0.962 bits per heavy atom. The number of hydrogen-bond acceptors (Lipinski definition) is 10. The molecule has 0 saturated carbocycles. The van der Waals surface area contributed by atoms with Crippen molar-refractivity contribution in [1.82, 2.24) is 15.0 Å². The number of rotatable bonds is 13. The van der Waals surface area contributed by atoms with E-state index in [1.165, 1.54) is 0 Å². The number of nitrogens with zero attached hydrogens (tertiary/aromatic N) is 3. The quantitative estimate of drug-likeness (QED) is 0.463. The van der Waals surface area contributed by atoms with Gasteiger partial charge in [-0.1, -0.05) is 0 Å². The summed E-state index contributed by atoms with van der Waals surface area (Å²) in [5.41, 5.74) is -0.278. The van der Waals surface area contributed by atoms with Crippen LogP contribution < -0.4 is 16.4 Å². The number of aromatic nitrogens is 3. The summed E-state index contributed by atoms with van der Waals surface area (Å²) in [6, 6.07) is 0. The van der Waals surface area contributed by atoms with Gasteiger partial charge in [0, 0.05) is 0 Å². The predicted octanol–water partition coefficient (Wildman–Crippen LogP) is 1.77. The molecule has 0 aliphatic carbocycles. The molecule has 0 aromatic carbocycles. The molecule has 1 rings (SSSR count). The van der Waals surface area contributed by atoms with E-state index in [1.54, 1.807) is 27.7 Å². The van der Waals surface area contributed by atoms with Gasteiger partial charge in [-0.2, -0.15) is 0 Å². The summed E-state index contributed by atoms with van der Waals surface area (Å²) in [5.74, 6) is 0.150. The summed E-state index contributed by atoms with van der Waals surface area (Å²) < 4.78 is 34.5. The molecule has 26 heavy (non-hydrogen) atoms. The van der Waals surface area contributed by atoms with Crippen LogP contribution in [-0.2, 0) is 22.7 Å². The molecule has 0 unspecified atom stereocenters. The molecule has 152 valence electrons. The van der Waals surface area contributed by atoms with E-state index in [1.807, 2.05) is 6.92 Å². The first-order valence-electron chi connectivity index (χ1n) is 8.79. The minimum absolute atomic E-state index is 0.0931. The fraction of sp³-hybridized carbons (Fsp3) is 0.786. The molecule has 0 saturated heterocycles. The van der Waals surface area contributed by atoms with E-state index in [2.05, 4.69) is 20.3 Å². The summed E-state index contributed by atoms with van der Waals surface area (Å²) >= 11 is 0. The Labute approximate surface area is 155 Å². The Balaban J connectivity index is 3.48. The third-order valence-corrected chi connectivity index (χ3v) is 7.00. The number of hydrogen-bond donors (Lipinski definition) is 2. The normalized spacial score (nSPS) is 13.0. The summed E-state index contributed by atoms with van der Waals surface area (Å²) in [6.07, 6.45) is 0.823. The second kappa shape index (κ2) is 11.2. The maximum absolute atomic E-state index is 13.1. The molecule has 0 fully saturated rings. The van der Waals surface area contributed by atoms with E-state index >= 15 is 0 Å². The zero-order valence-corrected chi connectivity index (χ0v) is 17.9. The van der Waals surface area contributed by atoms with Gasteiger partial charge < -0.3 is 0 Å². The molecule has 12 heteroatoms. The van der Waals surface area contributed by atoms with Gasteiger partial charge in [0.15, 0.2) is 0 Å². The monoisotopic (exact) mass is 412 g/mol. The molecule has 0 amide bonds. The molecular weight excluding hydrogens is 382 g/mol. The molecule has 1 heterocycles. The second-order valence-corrected chi connectivity index (χ2v) is 9.09. The van der Waals surface area contributed by atoms with Crippen molar-refractivity contribution in [2.45, 2.75) is 41.0 Å². The van der Waals surface area contributed by atoms with E-state index in [0.717, 1.165) is 6.42 Å². The first-order chi connectivity index (χ1) is 12.4. The predicted molar refractivity (Wildman–Crippen MR) is 103 cm³/mol. The van der Waals surface area contributed by atoms with E-state index in [9.17, 15) is 9.46 Å². The summed E-state index contributed by atoms with van der Waals surface area (Å²) in [7, 11) is -7.65. The third kappa shape index (κ3) is 6.16. The van der Waals surface area contributed by atoms with Gasteiger partial charge >= 0.3 is 154 Å². The molecule has 1 aromatic rings. The van der Waals surface area contributed by atoms with Gasteiger partial charge in [-0.05, 0) is 0 Å². The maximum atomic E-state index is 13.1. The van der Waals surface area contributed by atoms with Crippen LogP contribution in [0.1, 0.15) is 41.0 Å². The summed E-state index contributed by atoms with van der Waals surface area (Å²) in [4.78, 5) is 23.3. The second-order valence-electron chi connectivity index (χ2n) is 4.99. The van der Waals surface area contributed by atoms with Crippen LogP contribution in [0.4, 0.5) is 5.95 Å². The first-order valence-corrected chi connectivity index (χ1v) is 12.1. The molecule has 1 aromatic heterocycles. The Morgan fingerprint density at radius 3 is 2.00 bits per heavy atom. The van der Waals surface area contributed by atoms with Gasteiger partial charge in [-0.15, -0.1) is 0 Å². The van der Waals surface area contributed by atoms with Gasteiger partial charge in [-0.25, -0.2) is 0 Å². The number of anilines is 1. The zero-order valence-electron chi connectivity index (χ0n) is 16.0. The molecule has 0 aliphatic heterocycles. The van der Waals surface area contributed by atoms with Crippen molar-refractivity contribution in [2.24, 2.45) is 0 Å². The standard InChI is InChI=1S/C14H30N4O6P2/c1-6-11-15-12-16-13(25(19,21-7-2)22-8-3)18-14(17-12)26(20,23-9-4)24-10-5/h19,25H,6-11H2,1-5H3,(H,15,16,17,18). The minimum atomic E-state index is -3.89. The van der Waals surface area contributed by atoms with E-state index in [-0.39, 0.29) is 43.5 Å². The summed E-state index contributed by atoms with van der Waals surface area (Å²) in [5, 5.41) is 2.99. The van der Waals surface area contributed by atoms with Crippen LogP contribution in [0, 0.1) is 0 Å². The first kappa shape index (κ1) is 23.3. The molecule has 2 N–H and O–H groups in total. The zero-order chi connectivity index (χ0) is 19.6. The van der Waals surface area contributed by atoms with Crippen LogP contribution in [-0.4, -0.2) is 52.8 Å². The van der Waals surface area contributed by atoms with Gasteiger partial charge in [0.1, 0.15) is 0 Å². The van der Waals surface area contributed by atoms with Crippen molar-refractivity contribution in [2.75, 3.05) is 38.3 Å². The van der Waals surface area contributed by atoms with Gasteiger partial charge in [0.2, 0.25) is 0 Å². The van der Waals surface area contributed by atoms with Crippen LogP contribution in [0.15, 0.2) is 0 Å². The molecule has 0 atom stereocenters. The molecule has 0 spiro atoms. The van der Waals surface area contributed by atoms with Crippen molar-refractivity contribution in [1.29, 1.82) is 0 Å². The fourth-order valence-corrected chi connectivity index (χ4v) is 5.13. The van der Waals surface area contributed by atoms with Crippen LogP contribution in [0.3, 0.4) is 0 Å². The third-order valence-electron chi connectivity index (χ3n) is 2.96. The van der Waals surface area contributed by atoms with E-state index in [0.29, 0.717) is 6.54 Å². The molecule has 0 aliphatic rings. The average molecular weight is 412 g/mol. The van der Waals surface area contributed by atoms with Crippen molar-refractivity contribution < 1.29 is 27.6 Å². The van der Waals surface area contributed by atoms with Crippen LogP contribution >= 0.6 is 15.5 Å². The SMILES string of the molecule is CCCNc1nc(P(=O)(OCC)OCC)nc([PH](O)(OCC)OCC)n1. The Kier molecular flexibility index (Phi) is 10.0. The van der Waals surface area contributed by atoms with Crippen LogP contribution in [0.2, 0.25) is 0 Å². The molecular formula is C14H30N4O6P2. The van der Waals surface area contributed by atoms with Crippen LogP contribution in [0.25, 0.3) is 0 Å². The van der Waals surface area contributed by atoms with Gasteiger partial charge in [-0.3, -0.25) is 0 Å². The molecule has 10 nitrogen and oxygen atoms in total. The Hall–Kier alpha value is -0.730. The van der Waals surface area contributed by atoms with Crippen molar-refractivity contribution >= 4 is 32.6 Å². The summed E-state index contributed by atoms with van der Waals surface area (Å²) in [6.45, 7) is 10.1.